The van der Waals surface area contributed by atoms with Gasteiger partial charge in [-0.05, 0) is 44.1 Å². The van der Waals surface area contributed by atoms with Crippen LogP contribution in [-0.4, -0.2) is 23.1 Å². The molecule has 0 bridgehead atoms. The average molecular weight is 240 g/mol. The fourth-order valence-corrected chi connectivity index (χ4v) is 2.84. The number of hydrogen-bond donors (Lipinski definition) is 1. The molecule has 1 aliphatic carbocycles. The molecule has 1 atom stereocenters. The smallest absolute Gasteiger partial charge is 0.104 e. The van der Waals surface area contributed by atoms with Gasteiger partial charge >= 0.3 is 0 Å². The van der Waals surface area contributed by atoms with Crippen LogP contribution in [0.25, 0.3) is 0 Å². The van der Waals surface area contributed by atoms with Gasteiger partial charge in [-0.1, -0.05) is 19.8 Å². The van der Waals surface area contributed by atoms with E-state index in [1.54, 1.807) is 0 Å². The molecule has 1 saturated carbocycles. The molecule has 0 aromatic rings. The molecule has 0 aliphatic heterocycles. The maximum atomic E-state index is 9.18. The van der Waals surface area contributed by atoms with Gasteiger partial charge in [-0.3, -0.25) is 5.32 Å². The van der Waals surface area contributed by atoms with Crippen molar-refractivity contribution in [3.63, 3.8) is 0 Å². The van der Waals surface area contributed by atoms with Crippen LogP contribution in [0.15, 0.2) is 0 Å². The van der Waals surface area contributed by atoms with E-state index in [0.29, 0.717) is 6.04 Å². The average Bonchev–Trinajstić information content (AvgIpc) is 3.07. The SMILES string of the molecule is CCCCCSCCC(C)(C#N)NC1CC1. The van der Waals surface area contributed by atoms with Crippen molar-refractivity contribution in [2.24, 2.45) is 0 Å². The zero-order chi connectivity index (χ0) is 11.9. The molecule has 0 saturated heterocycles. The normalized spacial score (nSPS) is 19.1. The number of hydrogen-bond acceptors (Lipinski definition) is 3. The Hall–Kier alpha value is -0.200. The summed E-state index contributed by atoms with van der Waals surface area (Å²) in [4.78, 5) is 0. The van der Waals surface area contributed by atoms with E-state index in [4.69, 9.17) is 0 Å². The fourth-order valence-electron chi connectivity index (χ4n) is 1.67. The lowest BCUT2D eigenvalue weighted by atomic mass is 10.0. The highest BCUT2D eigenvalue weighted by Gasteiger charge is 2.31. The van der Waals surface area contributed by atoms with Crippen LogP contribution in [0.1, 0.15) is 52.4 Å². The van der Waals surface area contributed by atoms with Crippen LogP contribution < -0.4 is 5.32 Å². The van der Waals surface area contributed by atoms with Crippen LogP contribution in [0.5, 0.6) is 0 Å². The Balaban J connectivity index is 2.06. The van der Waals surface area contributed by atoms with Crippen molar-refractivity contribution in [1.82, 2.24) is 5.32 Å². The third kappa shape index (κ3) is 5.77. The van der Waals surface area contributed by atoms with E-state index in [1.807, 2.05) is 18.7 Å². The number of nitrogens with one attached hydrogen (secondary N) is 1. The van der Waals surface area contributed by atoms with Gasteiger partial charge in [0.1, 0.15) is 5.54 Å². The minimum Gasteiger partial charge on any atom is -0.297 e. The quantitative estimate of drug-likeness (QED) is 0.628. The van der Waals surface area contributed by atoms with Gasteiger partial charge in [0.15, 0.2) is 0 Å². The van der Waals surface area contributed by atoms with Crippen LogP contribution in [0.2, 0.25) is 0 Å². The molecule has 1 aliphatic rings. The zero-order valence-corrected chi connectivity index (χ0v) is 11.4. The van der Waals surface area contributed by atoms with Crippen LogP contribution in [0.3, 0.4) is 0 Å². The van der Waals surface area contributed by atoms with Gasteiger partial charge in [-0.15, -0.1) is 0 Å². The highest BCUT2D eigenvalue weighted by Crippen LogP contribution is 2.24. The largest absolute Gasteiger partial charge is 0.297 e. The predicted octanol–water partition coefficient (Wildman–Crippen LogP) is 3.33. The van der Waals surface area contributed by atoms with Crippen LogP contribution in [-0.2, 0) is 0 Å². The predicted molar refractivity (Wildman–Crippen MR) is 71.6 cm³/mol. The number of thioether (sulfide) groups is 1. The van der Waals surface area contributed by atoms with Gasteiger partial charge in [0.25, 0.3) is 0 Å². The Morgan fingerprint density at radius 3 is 2.69 bits per heavy atom. The van der Waals surface area contributed by atoms with Crippen molar-refractivity contribution in [2.45, 2.75) is 64.0 Å². The molecule has 1 fully saturated rings. The summed E-state index contributed by atoms with van der Waals surface area (Å²) in [6.45, 7) is 4.27. The maximum Gasteiger partial charge on any atom is 0.104 e. The zero-order valence-electron chi connectivity index (χ0n) is 10.6. The summed E-state index contributed by atoms with van der Waals surface area (Å²) < 4.78 is 0. The van der Waals surface area contributed by atoms with Crippen LogP contribution in [0.4, 0.5) is 0 Å². The third-order valence-electron chi connectivity index (χ3n) is 2.99. The summed E-state index contributed by atoms with van der Waals surface area (Å²) in [5, 5.41) is 12.6. The summed E-state index contributed by atoms with van der Waals surface area (Å²) in [5.41, 5.74) is -0.293. The molecule has 3 heteroatoms. The molecular weight excluding hydrogens is 216 g/mol. The Bertz CT molecular complexity index is 233. The Labute approximate surface area is 104 Å². The van der Waals surface area contributed by atoms with E-state index >= 15 is 0 Å². The van der Waals surface area contributed by atoms with E-state index in [0.717, 1.165) is 12.2 Å². The lowest BCUT2D eigenvalue weighted by Crippen LogP contribution is -2.42. The van der Waals surface area contributed by atoms with E-state index in [1.165, 1.54) is 37.9 Å². The molecule has 0 spiro atoms. The highest BCUT2D eigenvalue weighted by molar-refractivity contribution is 7.99. The second-order valence-corrected chi connectivity index (χ2v) is 6.16. The van der Waals surface area contributed by atoms with Crippen molar-refractivity contribution in [2.75, 3.05) is 11.5 Å². The summed E-state index contributed by atoms with van der Waals surface area (Å²) in [7, 11) is 0. The Morgan fingerprint density at radius 2 is 2.12 bits per heavy atom. The number of nitrogens with zero attached hydrogens (tertiary/aromatic N) is 1. The minimum atomic E-state index is -0.293. The lowest BCUT2D eigenvalue weighted by molar-refractivity contribution is 0.433. The van der Waals surface area contributed by atoms with Gasteiger partial charge in [0.2, 0.25) is 0 Å². The Kier molecular flexibility index (Phi) is 6.23. The van der Waals surface area contributed by atoms with Gasteiger partial charge in [0.05, 0.1) is 6.07 Å². The first kappa shape index (κ1) is 13.9. The summed E-state index contributed by atoms with van der Waals surface area (Å²) in [6.07, 6.45) is 7.42. The third-order valence-corrected chi connectivity index (χ3v) is 4.06. The maximum absolute atomic E-state index is 9.18. The summed E-state index contributed by atoms with van der Waals surface area (Å²) in [5.74, 6) is 2.35. The van der Waals surface area contributed by atoms with Crippen molar-refractivity contribution in [1.29, 1.82) is 5.26 Å². The molecular formula is C13H24N2S. The molecule has 0 heterocycles. The minimum absolute atomic E-state index is 0.293. The first-order valence-electron chi connectivity index (χ1n) is 6.47. The molecule has 1 N–H and O–H groups in total. The molecule has 16 heavy (non-hydrogen) atoms. The van der Waals surface area contributed by atoms with E-state index in [2.05, 4.69) is 18.3 Å². The lowest BCUT2D eigenvalue weighted by Gasteiger charge is -2.22. The second-order valence-electron chi connectivity index (χ2n) is 4.93. The second kappa shape index (κ2) is 7.19. The van der Waals surface area contributed by atoms with E-state index < -0.39 is 0 Å². The molecule has 0 aromatic heterocycles. The molecule has 1 unspecified atom stereocenters. The van der Waals surface area contributed by atoms with Gasteiger partial charge in [-0.25, -0.2) is 0 Å². The van der Waals surface area contributed by atoms with E-state index in [9.17, 15) is 5.26 Å². The van der Waals surface area contributed by atoms with Crippen LogP contribution in [0, 0.1) is 11.3 Å². The first-order valence-corrected chi connectivity index (χ1v) is 7.62. The monoisotopic (exact) mass is 240 g/mol. The fraction of sp³-hybridized carbons (Fsp3) is 0.923. The highest BCUT2D eigenvalue weighted by atomic mass is 32.2. The number of unbranched alkanes of at least 4 members (excludes halogenated alkanes) is 2. The topological polar surface area (TPSA) is 35.8 Å². The Morgan fingerprint density at radius 1 is 1.38 bits per heavy atom. The van der Waals surface area contributed by atoms with Gasteiger partial charge in [-0.2, -0.15) is 17.0 Å². The molecule has 2 nitrogen and oxygen atoms in total. The van der Waals surface area contributed by atoms with Crippen molar-refractivity contribution in [3.8, 4) is 6.07 Å². The van der Waals surface area contributed by atoms with E-state index in [-0.39, 0.29) is 5.54 Å². The molecule has 0 amide bonds. The number of nitriles is 1. The standard InChI is InChI=1S/C13H24N2S/c1-3-4-5-9-16-10-8-13(2,11-14)15-12-6-7-12/h12,15H,3-10H2,1-2H3. The molecule has 0 radical (unpaired) electrons. The summed E-state index contributed by atoms with van der Waals surface area (Å²) in [6, 6.07) is 3.05. The molecule has 92 valence electrons. The first-order chi connectivity index (χ1) is 7.70. The van der Waals surface area contributed by atoms with Crippen molar-refractivity contribution < 1.29 is 0 Å². The molecule has 1 rings (SSSR count). The van der Waals surface area contributed by atoms with Gasteiger partial charge in [0, 0.05) is 6.04 Å². The molecule has 0 aromatic carbocycles. The number of rotatable bonds is 9. The van der Waals surface area contributed by atoms with Gasteiger partial charge < -0.3 is 0 Å². The van der Waals surface area contributed by atoms with Crippen molar-refractivity contribution >= 4 is 11.8 Å². The summed E-state index contributed by atoms with van der Waals surface area (Å²) >= 11 is 1.99. The van der Waals surface area contributed by atoms with Crippen molar-refractivity contribution in [3.05, 3.63) is 0 Å². The van der Waals surface area contributed by atoms with Crippen LogP contribution >= 0.6 is 11.8 Å².